The van der Waals surface area contributed by atoms with Crippen LogP contribution in [0, 0.1) is 0 Å². The average molecular weight is 151 g/mol. The standard InChI is InChI=1S/C6H7N.C3H6O/c7-6-4-2-1-3-5-6;1-2-3-4/h1-5H,7H2;2-4H,1H3. The molecule has 0 spiro atoms. The van der Waals surface area contributed by atoms with Gasteiger partial charge in [0.2, 0.25) is 0 Å². The fourth-order valence-corrected chi connectivity index (χ4v) is 0.453. The summed E-state index contributed by atoms with van der Waals surface area (Å²) in [5.41, 5.74) is 6.18. The molecule has 1 aromatic carbocycles. The Labute approximate surface area is 67.0 Å². The monoisotopic (exact) mass is 151 g/mol. The van der Waals surface area contributed by atoms with Crippen LogP contribution in [0.25, 0.3) is 0 Å². The summed E-state index contributed by atoms with van der Waals surface area (Å²) in [7, 11) is 0. The van der Waals surface area contributed by atoms with E-state index in [2.05, 4.69) is 0 Å². The van der Waals surface area contributed by atoms with Gasteiger partial charge in [-0.2, -0.15) is 0 Å². The van der Waals surface area contributed by atoms with Gasteiger partial charge in [-0.3, -0.25) is 0 Å². The van der Waals surface area contributed by atoms with Crippen molar-refractivity contribution < 1.29 is 5.11 Å². The van der Waals surface area contributed by atoms with E-state index in [1.54, 1.807) is 13.0 Å². The Balaban J connectivity index is 0.000000218. The molecule has 1 rings (SSSR count). The second-order valence-corrected chi connectivity index (χ2v) is 1.89. The van der Waals surface area contributed by atoms with E-state index < -0.39 is 0 Å². The van der Waals surface area contributed by atoms with E-state index in [4.69, 9.17) is 10.8 Å². The number of hydrogen-bond donors (Lipinski definition) is 2. The summed E-state index contributed by atoms with van der Waals surface area (Å²) in [5, 5.41) is 7.69. The summed E-state index contributed by atoms with van der Waals surface area (Å²) in [6.45, 7) is 1.75. The van der Waals surface area contributed by atoms with Gasteiger partial charge in [0.1, 0.15) is 0 Å². The smallest absolute Gasteiger partial charge is 0.0748 e. The van der Waals surface area contributed by atoms with Crippen LogP contribution in [0.2, 0.25) is 0 Å². The lowest BCUT2D eigenvalue weighted by Crippen LogP contribution is -1.79. The molecule has 0 radical (unpaired) electrons. The van der Waals surface area contributed by atoms with E-state index in [-0.39, 0.29) is 0 Å². The third-order valence-corrected chi connectivity index (χ3v) is 0.949. The summed E-state index contributed by atoms with van der Waals surface area (Å²) in [6, 6.07) is 9.49. The minimum absolute atomic E-state index is 0.822. The number of nitrogen functional groups attached to an aromatic ring is 1. The maximum atomic E-state index is 7.69. The number of hydrogen-bond acceptors (Lipinski definition) is 2. The van der Waals surface area contributed by atoms with Crippen molar-refractivity contribution >= 4 is 5.69 Å². The Bertz CT molecular complexity index is 190. The molecule has 0 aliphatic rings. The molecule has 0 fully saturated rings. The Hall–Kier alpha value is -1.44. The lowest BCUT2D eigenvalue weighted by atomic mass is 10.3. The second-order valence-electron chi connectivity index (χ2n) is 1.89. The number of allylic oxidation sites excluding steroid dienone is 1. The highest BCUT2D eigenvalue weighted by atomic mass is 16.2. The topological polar surface area (TPSA) is 46.2 Å². The van der Waals surface area contributed by atoms with Crippen molar-refractivity contribution in [3.8, 4) is 0 Å². The highest BCUT2D eigenvalue weighted by Crippen LogP contribution is 1.95. The molecule has 0 amide bonds. The fourth-order valence-electron chi connectivity index (χ4n) is 0.453. The molecule has 11 heavy (non-hydrogen) atoms. The highest BCUT2D eigenvalue weighted by molar-refractivity contribution is 5.35. The molecule has 1 aromatic rings. The number of rotatable bonds is 0. The number of anilines is 1. The van der Waals surface area contributed by atoms with Gasteiger partial charge in [-0.15, -0.1) is 0 Å². The van der Waals surface area contributed by atoms with Gasteiger partial charge in [-0.25, -0.2) is 0 Å². The van der Waals surface area contributed by atoms with Crippen molar-refractivity contribution in [1.29, 1.82) is 0 Å². The van der Waals surface area contributed by atoms with Crippen LogP contribution in [0.4, 0.5) is 5.69 Å². The van der Waals surface area contributed by atoms with E-state index in [0.29, 0.717) is 0 Å². The van der Waals surface area contributed by atoms with Gasteiger partial charge in [-0.05, 0) is 19.1 Å². The van der Waals surface area contributed by atoms with Crippen molar-refractivity contribution in [3.63, 3.8) is 0 Å². The number of aliphatic hydroxyl groups excluding tert-OH is 1. The van der Waals surface area contributed by atoms with Crippen LogP contribution in [0.5, 0.6) is 0 Å². The maximum absolute atomic E-state index is 7.69. The SMILES string of the molecule is CC=CO.Nc1ccccc1. The molecule has 60 valence electrons. The summed E-state index contributed by atoms with van der Waals surface area (Å²) >= 11 is 0. The maximum Gasteiger partial charge on any atom is 0.0748 e. The molecule has 0 saturated carbocycles. The van der Waals surface area contributed by atoms with Crippen LogP contribution in [0.15, 0.2) is 42.7 Å². The predicted octanol–water partition coefficient (Wildman–Crippen LogP) is 2.35. The normalized spacial score (nSPS) is 8.82. The van der Waals surface area contributed by atoms with Crippen LogP contribution in [0.1, 0.15) is 6.92 Å². The van der Waals surface area contributed by atoms with E-state index in [9.17, 15) is 0 Å². The predicted molar refractivity (Wildman–Crippen MR) is 48.3 cm³/mol. The van der Waals surface area contributed by atoms with Crippen LogP contribution in [0.3, 0.4) is 0 Å². The van der Waals surface area contributed by atoms with Gasteiger partial charge in [0.25, 0.3) is 0 Å². The molecule has 0 bridgehead atoms. The van der Waals surface area contributed by atoms with Crippen molar-refractivity contribution in [2.24, 2.45) is 0 Å². The van der Waals surface area contributed by atoms with Crippen molar-refractivity contribution in [1.82, 2.24) is 0 Å². The largest absolute Gasteiger partial charge is 0.516 e. The molecule has 0 saturated heterocycles. The molecule has 0 aliphatic carbocycles. The molecular weight excluding hydrogens is 138 g/mol. The van der Waals surface area contributed by atoms with Gasteiger partial charge in [0.15, 0.2) is 0 Å². The van der Waals surface area contributed by atoms with E-state index in [0.717, 1.165) is 11.9 Å². The summed E-state index contributed by atoms with van der Waals surface area (Å²) in [6.07, 6.45) is 2.56. The van der Waals surface area contributed by atoms with Crippen molar-refractivity contribution in [2.45, 2.75) is 6.92 Å². The Morgan fingerprint density at radius 1 is 1.27 bits per heavy atom. The Kier molecular flexibility index (Phi) is 5.80. The van der Waals surface area contributed by atoms with E-state index in [1.807, 2.05) is 30.3 Å². The minimum Gasteiger partial charge on any atom is -0.516 e. The van der Waals surface area contributed by atoms with Crippen LogP contribution in [-0.4, -0.2) is 5.11 Å². The molecular formula is C9H13NO. The lowest BCUT2D eigenvalue weighted by Gasteiger charge is -1.83. The number of benzene rings is 1. The third kappa shape index (κ3) is 6.45. The zero-order valence-corrected chi connectivity index (χ0v) is 6.57. The number of para-hydroxylation sites is 1. The first-order valence-electron chi connectivity index (χ1n) is 3.37. The molecule has 2 heteroatoms. The molecule has 0 aliphatic heterocycles. The first-order valence-corrected chi connectivity index (χ1v) is 3.37. The minimum atomic E-state index is 0.822. The van der Waals surface area contributed by atoms with Crippen LogP contribution in [-0.2, 0) is 0 Å². The van der Waals surface area contributed by atoms with Gasteiger partial charge in [0, 0.05) is 5.69 Å². The summed E-state index contributed by atoms with van der Waals surface area (Å²) < 4.78 is 0. The number of nitrogens with two attached hydrogens (primary N) is 1. The zero-order chi connectivity index (χ0) is 8.53. The van der Waals surface area contributed by atoms with Crippen LogP contribution < -0.4 is 5.73 Å². The fraction of sp³-hybridized carbons (Fsp3) is 0.111. The Morgan fingerprint density at radius 3 is 1.91 bits per heavy atom. The zero-order valence-electron chi connectivity index (χ0n) is 6.57. The van der Waals surface area contributed by atoms with Crippen molar-refractivity contribution in [3.05, 3.63) is 42.7 Å². The van der Waals surface area contributed by atoms with Crippen molar-refractivity contribution in [2.75, 3.05) is 5.73 Å². The number of aliphatic hydroxyl groups is 1. The highest BCUT2D eigenvalue weighted by Gasteiger charge is 1.72. The Morgan fingerprint density at radius 2 is 1.73 bits per heavy atom. The van der Waals surface area contributed by atoms with E-state index in [1.165, 1.54) is 0 Å². The van der Waals surface area contributed by atoms with E-state index >= 15 is 0 Å². The van der Waals surface area contributed by atoms with Gasteiger partial charge < -0.3 is 10.8 Å². The first kappa shape index (κ1) is 9.56. The second kappa shape index (κ2) is 6.68. The molecule has 2 nitrogen and oxygen atoms in total. The summed E-state index contributed by atoms with van der Waals surface area (Å²) in [4.78, 5) is 0. The summed E-state index contributed by atoms with van der Waals surface area (Å²) in [5.74, 6) is 0. The van der Waals surface area contributed by atoms with Crippen LogP contribution >= 0.6 is 0 Å². The quantitative estimate of drug-likeness (QED) is 0.441. The van der Waals surface area contributed by atoms with Gasteiger partial charge in [-0.1, -0.05) is 24.3 Å². The molecule has 0 aromatic heterocycles. The molecule has 3 N–H and O–H groups in total. The van der Waals surface area contributed by atoms with Gasteiger partial charge >= 0.3 is 0 Å². The van der Waals surface area contributed by atoms with Gasteiger partial charge in [0.05, 0.1) is 6.26 Å². The third-order valence-electron chi connectivity index (χ3n) is 0.949. The molecule has 0 heterocycles. The first-order chi connectivity index (χ1) is 5.31. The molecule has 0 atom stereocenters. The lowest BCUT2D eigenvalue weighted by molar-refractivity contribution is 0.472. The average Bonchev–Trinajstić information content (AvgIpc) is 2.07. The molecule has 0 unspecified atom stereocenters.